The van der Waals surface area contributed by atoms with Gasteiger partial charge in [-0.25, -0.2) is 9.97 Å². The SMILES string of the molecule is CC(=O)c1ccc(NC(=O)c2cnc(Nc3ccc(C)c(C)c3)cn2)cc1. The molecule has 0 fully saturated rings. The lowest BCUT2D eigenvalue weighted by atomic mass is 10.1. The van der Waals surface area contributed by atoms with Crippen molar-refractivity contribution in [3.8, 4) is 0 Å². The summed E-state index contributed by atoms with van der Waals surface area (Å²) in [5.41, 5.74) is 4.69. The van der Waals surface area contributed by atoms with Gasteiger partial charge in [0.25, 0.3) is 5.91 Å². The molecule has 1 heterocycles. The molecule has 1 aromatic heterocycles. The lowest BCUT2D eigenvalue weighted by Gasteiger charge is -2.09. The van der Waals surface area contributed by atoms with E-state index >= 15 is 0 Å². The van der Waals surface area contributed by atoms with Crippen molar-refractivity contribution in [1.29, 1.82) is 0 Å². The highest BCUT2D eigenvalue weighted by atomic mass is 16.2. The summed E-state index contributed by atoms with van der Waals surface area (Å²) in [6.07, 6.45) is 2.94. The van der Waals surface area contributed by atoms with Gasteiger partial charge in [0, 0.05) is 16.9 Å². The van der Waals surface area contributed by atoms with Crippen LogP contribution in [0.5, 0.6) is 0 Å². The Labute approximate surface area is 157 Å². The summed E-state index contributed by atoms with van der Waals surface area (Å²) in [4.78, 5) is 32.0. The first kappa shape index (κ1) is 18.3. The van der Waals surface area contributed by atoms with Gasteiger partial charge in [0.2, 0.25) is 0 Å². The number of nitrogens with zero attached hydrogens (tertiary/aromatic N) is 2. The van der Waals surface area contributed by atoms with Crippen molar-refractivity contribution in [2.24, 2.45) is 0 Å². The number of hydrogen-bond donors (Lipinski definition) is 2. The van der Waals surface area contributed by atoms with Gasteiger partial charge in [-0.3, -0.25) is 9.59 Å². The number of carbonyl (C=O) groups is 2. The molecule has 0 unspecified atom stereocenters. The second-order valence-corrected chi connectivity index (χ2v) is 6.30. The third-order valence-corrected chi connectivity index (χ3v) is 4.21. The number of aromatic nitrogens is 2. The van der Waals surface area contributed by atoms with Crippen LogP contribution < -0.4 is 10.6 Å². The molecule has 0 radical (unpaired) electrons. The number of Topliss-reactive ketones (excluding diaryl/α,β-unsaturated/α-hetero) is 1. The van der Waals surface area contributed by atoms with Crippen LogP contribution in [0.15, 0.2) is 54.9 Å². The fraction of sp³-hybridized carbons (Fsp3) is 0.143. The van der Waals surface area contributed by atoms with E-state index in [9.17, 15) is 9.59 Å². The Hall–Kier alpha value is -3.54. The van der Waals surface area contributed by atoms with Crippen LogP contribution in [-0.2, 0) is 0 Å². The van der Waals surface area contributed by atoms with Crippen molar-refractivity contribution in [3.63, 3.8) is 0 Å². The summed E-state index contributed by atoms with van der Waals surface area (Å²) >= 11 is 0. The van der Waals surface area contributed by atoms with E-state index in [-0.39, 0.29) is 17.4 Å². The predicted molar refractivity (Wildman–Crippen MR) is 106 cm³/mol. The van der Waals surface area contributed by atoms with E-state index in [4.69, 9.17) is 0 Å². The number of nitrogens with one attached hydrogen (secondary N) is 2. The number of aryl methyl sites for hydroxylation is 2. The first-order valence-corrected chi connectivity index (χ1v) is 8.51. The second kappa shape index (κ2) is 7.78. The fourth-order valence-electron chi connectivity index (χ4n) is 2.46. The van der Waals surface area contributed by atoms with Crippen LogP contribution in [0, 0.1) is 13.8 Å². The van der Waals surface area contributed by atoms with E-state index in [1.807, 2.05) is 25.1 Å². The Balaban J connectivity index is 1.66. The maximum absolute atomic E-state index is 12.3. The van der Waals surface area contributed by atoms with Gasteiger partial charge in [-0.2, -0.15) is 0 Å². The molecule has 0 aliphatic carbocycles. The van der Waals surface area contributed by atoms with E-state index in [2.05, 4.69) is 27.5 Å². The Morgan fingerprint density at radius 1 is 0.852 bits per heavy atom. The van der Waals surface area contributed by atoms with Gasteiger partial charge in [0.1, 0.15) is 11.5 Å². The average Bonchev–Trinajstić information content (AvgIpc) is 2.66. The zero-order valence-corrected chi connectivity index (χ0v) is 15.4. The molecule has 0 bridgehead atoms. The summed E-state index contributed by atoms with van der Waals surface area (Å²) in [6.45, 7) is 5.60. The topological polar surface area (TPSA) is 84.0 Å². The largest absolute Gasteiger partial charge is 0.339 e. The second-order valence-electron chi connectivity index (χ2n) is 6.30. The number of benzene rings is 2. The van der Waals surface area contributed by atoms with Crippen molar-refractivity contribution >= 4 is 28.9 Å². The lowest BCUT2D eigenvalue weighted by Crippen LogP contribution is -2.14. The Morgan fingerprint density at radius 3 is 2.15 bits per heavy atom. The number of ketones is 1. The third-order valence-electron chi connectivity index (χ3n) is 4.21. The number of rotatable bonds is 5. The zero-order chi connectivity index (χ0) is 19.4. The summed E-state index contributed by atoms with van der Waals surface area (Å²) < 4.78 is 0. The van der Waals surface area contributed by atoms with Crippen LogP contribution in [-0.4, -0.2) is 21.7 Å². The Bertz CT molecular complexity index is 980. The van der Waals surface area contributed by atoms with E-state index in [0.29, 0.717) is 17.1 Å². The van der Waals surface area contributed by atoms with Gasteiger partial charge in [0.05, 0.1) is 12.4 Å². The van der Waals surface area contributed by atoms with E-state index in [1.165, 1.54) is 30.4 Å². The van der Waals surface area contributed by atoms with Crippen LogP contribution in [0.4, 0.5) is 17.2 Å². The van der Waals surface area contributed by atoms with Crippen molar-refractivity contribution in [3.05, 3.63) is 77.2 Å². The van der Waals surface area contributed by atoms with Gasteiger partial charge >= 0.3 is 0 Å². The van der Waals surface area contributed by atoms with Crippen LogP contribution in [0.25, 0.3) is 0 Å². The van der Waals surface area contributed by atoms with E-state index < -0.39 is 0 Å². The lowest BCUT2D eigenvalue weighted by molar-refractivity contribution is 0.101. The minimum atomic E-state index is -0.365. The zero-order valence-electron chi connectivity index (χ0n) is 15.4. The first-order chi connectivity index (χ1) is 12.9. The van der Waals surface area contributed by atoms with Crippen molar-refractivity contribution < 1.29 is 9.59 Å². The summed E-state index contributed by atoms with van der Waals surface area (Å²) in [5.74, 6) is 0.169. The third kappa shape index (κ3) is 4.55. The maximum Gasteiger partial charge on any atom is 0.275 e. The highest BCUT2D eigenvalue weighted by Crippen LogP contribution is 2.18. The standard InChI is InChI=1S/C21H20N4O2/c1-13-4-7-18(10-14(13)2)24-20-12-22-19(11-23-20)21(27)25-17-8-5-16(6-9-17)15(3)26/h4-12H,1-3H3,(H,23,24)(H,25,27). The number of hydrogen-bond acceptors (Lipinski definition) is 5. The Kier molecular flexibility index (Phi) is 5.26. The highest BCUT2D eigenvalue weighted by molar-refractivity contribution is 6.03. The molecule has 3 rings (SSSR count). The summed E-state index contributed by atoms with van der Waals surface area (Å²) in [5, 5.41) is 5.90. The molecule has 0 saturated heterocycles. The van der Waals surface area contributed by atoms with Crippen LogP contribution in [0.1, 0.15) is 38.9 Å². The van der Waals surface area contributed by atoms with Crippen LogP contribution in [0.2, 0.25) is 0 Å². The quantitative estimate of drug-likeness (QED) is 0.663. The van der Waals surface area contributed by atoms with Crippen molar-refractivity contribution in [2.75, 3.05) is 10.6 Å². The molecule has 2 N–H and O–H groups in total. The highest BCUT2D eigenvalue weighted by Gasteiger charge is 2.09. The van der Waals surface area contributed by atoms with Crippen LogP contribution in [0.3, 0.4) is 0 Å². The molecule has 6 heteroatoms. The molecule has 6 nitrogen and oxygen atoms in total. The molecule has 2 aromatic carbocycles. The minimum Gasteiger partial charge on any atom is -0.339 e. The molecule has 3 aromatic rings. The normalized spacial score (nSPS) is 10.3. The van der Waals surface area contributed by atoms with Gasteiger partial charge in [0.15, 0.2) is 5.78 Å². The van der Waals surface area contributed by atoms with Gasteiger partial charge in [-0.1, -0.05) is 6.07 Å². The molecule has 136 valence electrons. The molecule has 0 saturated carbocycles. The smallest absolute Gasteiger partial charge is 0.275 e. The summed E-state index contributed by atoms with van der Waals surface area (Å²) in [7, 11) is 0. The number of anilines is 3. The minimum absolute atomic E-state index is 0.0226. The summed E-state index contributed by atoms with van der Waals surface area (Å²) in [6, 6.07) is 12.7. The monoisotopic (exact) mass is 360 g/mol. The first-order valence-electron chi connectivity index (χ1n) is 8.51. The van der Waals surface area contributed by atoms with Crippen molar-refractivity contribution in [1.82, 2.24) is 9.97 Å². The maximum atomic E-state index is 12.3. The molecule has 0 spiro atoms. The molecular weight excluding hydrogens is 340 g/mol. The number of carbonyl (C=O) groups excluding carboxylic acids is 2. The average molecular weight is 360 g/mol. The fourth-order valence-corrected chi connectivity index (χ4v) is 2.46. The van der Waals surface area contributed by atoms with Gasteiger partial charge < -0.3 is 10.6 Å². The molecule has 1 amide bonds. The Morgan fingerprint density at radius 2 is 1.56 bits per heavy atom. The van der Waals surface area contributed by atoms with Crippen molar-refractivity contribution in [2.45, 2.75) is 20.8 Å². The van der Waals surface area contributed by atoms with E-state index in [1.54, 1.807) is 24.3 Å². The van der Waals surface area contributed by atoms with Crippen LogP contribution >= 0.6 is 0 Å². The molecule has 0 aliphatic rings. The molecule has 27 heavy (non-hydrogen) atoms. The molecule has 0 atom stereocenters. The number of amides is 1. The predicted octanol–water partition coefficient (Wildman–Crippen LogP) is 4.29. The molecule has 0 aliphatic heterocycles. The van der Waals surface area contributed by atoms with Gasteiger partial charge in [-0.15, -0.1) is 0 Å². The van der Waals surface area contributed by atoms with E-state index in [0.717, 1.165) is 5.69 Å². The van der Waals surface area contributed by atoms with Gasteiger partial charge in [-0.05, 0) is 68.3 Å². The molecular formula is C21H20N4O2.